The van der Waals surface area contributed by atoms with E-state index >= 15 is 0 Å². The molecule has 0 aromatic rings. The van der Waals surface area contributed by atoms with Gasteiger partial charge in [0.05, 0.1) is 12.7 Å². The van der Waals surface area contributed by atoms with Crippen LogP contribution in [0.3, 0.4) is 0 Å². The maximum Gasteiger partial charge on any atom is 0.222 e. The third kappa shape index (κ3) is 4.25. The van der Waals surface area contributed by atoms with E-state index in [9.17, 15) is 4.79 Å². The molecule has 4 heteroatoms. The Morgan fingerprint density at radius 3 is 2.72 bits per heavy atom. The van der Waals surface area contributed by atoms with Crippen molar-refractivity contribution in [1.29, 1.82) is 0 Å². The first-order chi connectivity index (χ1) is 8.74. The lowest BCUT2D eigenvalue weighted by Gasteiger charge is -2.22. The SMILES string of the molecule is CCC1(CNC(=O)CCOC2CCNCC2)CC1. The predicted octanol–water partition coefficient (Wildman–Crippen LogP) is 1.45. The molecule has 18 heavy (non-hydrogen) atoms. The van der Waals surface area contributed by atoms with Crippen LogP contribution in [0.2, 0.25) is 0 Å². The minimum atomic E-state index is 0.142. The normalized spacial score (nSPS) is 22.7. The molecule has 0 bridgehead atoms. The van der Waals surface area contributed by atoms with Crippen LogP contribution in [0.1, 0.15) is 45.4 Å². The molecule has 1 aliphatic heterocycles. The summed E-state index contributed by atoms with van der Waals surface area (Å²) in [6.45, 7) is 5.70. The average molecular weight is 254 g/mol. The van der Waals surface area contributed by atoms with E-state index < -0.39 is 0 Å². The molecule has 0 radical (unpaired) electrons. The van der Waals surface area contributed by atoms with E-state index in [2.05, 4.69) is 17.6 Å². The van der Waals surface area contributed by atoms with Gasteiger partial charge in [-0.1, -0.05) is 6.92 Å². The highest BCUT2D eigenvalue weighted by molar-refractivity contribution is 5.76. The Kier molecular flexibility index (Phi) is 5.01. The van der Waals surface area contributed by atoms with Crippen molar-refractivity contribution >= 4 is 5.91 Å². The fourth-order valence-corrected chi connectivity index (χ4v) is 2.49. The van der Waals surface area contributed by atoms with Gasteiger partial charge in [0, 0.05) is 13.0 Å². The van der Waals surface area contributed by atoms with E-state index in [0.717, 1.165) is 32.5 Å². The van der Waals surface area contributed by atoms with Gasteiger partial charge in [-0.15, -0.1) is 0 Å². The monoisotopic (exact) mass is 254 g/mol. The van der Waals surface area contributed by atoms with Crippen molar-refractivity contribution in [2.24, 2.45) is 5.41 Å². The summed E-state index contributed by atoms with van der Waals surface area (Å²) in [6, 6.07) is 0. The highest BCUT2D eigenvalue weighted by atomic mass is 16.5. The van der Waals surface area contributed by atoms with E-state index in [1.807, 2.05) is 0 Å². The Labute approximate surface area is 110 Å². The molecule has 4 nitrogen and oxygen atoms in total. The van der Waals surface area contributed by atoms with Crippen LogP contribution in [0.5, 0.6) is 0 Å². The molecule has 1 aliphatic carbocycles. The lowest BCUT2D eigenvalue weighted by atomic mass is 10.0. The molecule has 1 heterocycles. The molecule has 2 rings (SSSR count). The highest BCUT2D eigenvalue weighted by Crippen LogP contribution is 2.47. The zero-order valence-electron chi connectivity index (χ0n) is 11.5. The Hall–Kier alpha value is -0.610. The van der Waals surface area contributed by atoms with E-state index in [4.69, 9.17) is 4.74 Å². The zero-order valence-corrected chi connectivity index (χ0v) is 11.5. The van der Waals surface area contributed by atoms with Crippen LogP contribution in [0.4, 0.5) is 0 Å². The summed E-state index contributed by atoms with van der Waals surface area (Å²) in [7, 11) is 0. The van der Waals surface area contributed by atoms with Gasteiger partial charge in [0.1, 0.15) is 0 Å². The molecular weight excluding hydrogens is 228 g/mol. The molecule has 1 saturated heterocycles. The summed E-state index contributed by atoms with van der Waals surface area (Å²) in [5.41, 5.74) is 0.436. The molecule has 0 aromatic carbocycles. The van der Waals surface area contributed by atoms with Gasteiger partial charge in [-0.2, -0.15) is 0 Å². The molecule has 104 valence electrons. The first kappa shape index (κ1) is 13.8. The number of hydrogen-bond donors (Lipinski definition) is 2. The summed E-state index contributed by atoms with van der Waals surface area (Å²) in [5, 5.41) is 6.35. The fraction of sp³-hybridized carbons (Fsp3) is 0.929. The molecular formula is C14H26N2O2. The second-order valence-corrected chi connectivity index (χ2v) is 5.70. The lowest BCUT2D eigenvalue weighted by molar-refractivity contribution is -0.123. The van der Waals surface area contributed by atoms with Crippen molar-refractivity contribution < 1.29 is 9.53 Å². The molecule has 0 unspecified atom stereocenters. The van der Waals surface area contributed by atoms with E-state index in [1.165, 1.54) is 19.3 Å². The summed E-state index contributed by atoms with van der Waals surface area (Å²) < 4.78 is 5.73. The van der Waals surface area contributed by atoms with Gasteiger partial charge in [-0.05, 0) is 50.6 Å². The molecule has 0 aromatic heterocycles. The van der Waals surface area contributed by atoms with Gasteiger partial charge in [0.25, 0.3) is 0 Å². The smallest absolute Gasteiger partial charge is 0.222 e. The topological polar surface area (TPSA) is 50.4 Å². The largest absolute Gasteiger partial charge is 0.378 e. The molecule has 0 atom stereocenters. The average Bonchev–Trinajstić information content (AvgIpc) is 3.18. The van der Waals surface area contributed by atoms with Gasteiger partial charge in [0.2, 0.25) is 5.91 Å². The van der Waals surface area contributed by atoms with Crippen LogP contribution in [0, 0.1) is 5.41 Å². The van der Waals surface area contributed by atoms with Gasteiger partial charge in [-0.3, -0.25) is 4.79 Å². The van der Waals surface area contributed by atoms with Crippen molar-refractivity contribution in [2.45, 2.75) is 51.6 Å². The fourth-order valence-electron chi connectivity index (χ4n) is 2.49. The van der Waals surface area contributed by atoms with E-state index in [1.54, 1.807) is 0 Å². The molecule has 0 spiro atoms. The Bertz CT molecular complexity index is 271. The first-order valence-corrected chi connectivity index (χ1v) is 7.33. The number of carbonyl (C=O) groups excluding carboxylic acids is 1. The number of rotatable bonds is 7. The van der Waals surface area contributed by atoms with Crippen molar-refractivity contribution in [2.75, 3.05) is 26.2 Å². The number of amides is 1. The Morgan fingerprint density at radius 2 is 2.11 bits per heavy atom. The van der Waals surface area contributed by atoms with Gasteiger partial charge in [-0.25, -0.2) is 0 Å². The predicted molar refractivity (Wildman–Crippen MR) is 71.4 cm³/mol. The van der Waals surface area contributed by atoms with Crippen molar-refractivity contribution in [3.63, 3.8) is 0 Å². The molecule has 2 fully saturated rings. The minimum absolute atomic E-state index is 0.142. The second-order valence-electron chi connectivity index (χ2n) is 5.70. The van der Waals surface area contributed by atoms with E-state index in [-0.39, 0.29) is 5.91 Å². The van der Waals surface area contributed by atoms with Crippen LogP contribution in [-0.4, -0.2) is 38.3 Å². The first-order valence-electron chi connectivity index (χ1n) is 7.33. The lowest BCUT2D eigenvalue weighted by Crippen LogP contribution is -2.34. The van der Waals surface area contributed by atoms with Crippen LogP contribution in [-0.2, 0) is 9.53 Å². The summed E-state index contributed by atoms with van der Waals surface area (Å²) in [4.78, 5) is 11.7. The van der Waals surface area contributed by atoms with Crippen LogP contribution >= 0.6 is 0 Å². The number of piperidine rings is 1. The molecule has 2 N–H and O–H groups in total. The van der Waals surface area contributed by atoms with Crippen LogP contribution < -0.4 is 10.6 Å². The van der Waals surface area contributed by atoms with Gasteiger partial charge < -0.3 is 15.4 Å². The third-order valence-corrected chi connectivity index (χ3v) is 4.34. The van der Waals surface area contributed by atoms with Crippen molar-refractivity contribution in [3.05, 3.63) is 0 Å². The molecule has 1 saturated carbocycles. The number of carbonyl (C=O) groups is 1. The highest BCUT2D eigenvalue weighted by Gasteiger charge is 2.40. The maximum atomic E-state index is 11.7. The standard InChI is InChI=1S/C14H26N2O2/c1-2-14(6-7-14)11-16-13(17)5-10-18-12-3-8-15-9-4-12/h12,15H,2-11H2,1H3,(H,16,17). The maximum absolute atomic E-state index is 11.7. The Balaban J connectivity index is 1.51. The number of hydrogen-bond acceptors (Lipinski definition) is 3. The quantitative estimate of drug-likeness (QED) is 0.723. The second kappa shape index (κ2) is 6.53. The number of ether oxygens (including phenoxy) is 1. The van der Waals surface area contributed by atoms with Crippen molar-refractivity contribution in [1.82, 2.24) is 10.6 Å². The van der Waals surface area contributed by atoms with E-state index in [0.29, 0.717) is 24.5 Å². The van der Waals surface area contributed by atoms with Crippen LogP contribution in [0.25, 0.3) is 0 Å². The summed E-state index contributed by atoms with van der Waals surface area (Å²) in [5.74, 6) is 0.142. The Morgan fingerprint density at radius 1 is 1.39 bits per heavy atom. The number of nitrogens with one attached hydrogen (secondary N) is 2. The molecule has 1 amide bonds. The minimum Gasteiger partial charge on any atom is -0.378 e. The van der Waals surface area contributed by atoms with Crippen LogP contribution in [0.15, 0.2) is 0 Å². The van der Waals surface area contributed by atoms with Gasteiger partial charge in [0.15, 0.2) is 0 Å². The zero-order chi connectivity index (χ0) is 12.8. The van der Waals surface area contributed by atoms with Crippen molar-refractivity contribution in [3.8, 4) is 0 Å². The van der Waals surface area contributed by atoms with Gasteiger partial charge >= 0.3 is 0 Å². The molecule has 2 aliphatic rings. The summed E-state index contributed by atoms with van der Waals surface area (Å²) in [6.07, 6.45) is 6.72. The third-order valence-electron chi connectivity index (χ3n) is 4.34. The summed E-state index contributed by atoms with van der Waals surface area (Å²) >= 11 is 0.